The quantitative estimate of drug-likeness (QED) is 0.775. The molecule has 0 aliphatic carbocycles. The molecule has 0 saturated carbocycles. The molecular weight excluding hydrogens is 335 g/mol. The molecule has 0 radical (unpaired) electrons. The molecule has 3 N–H and O–H groups in total. The zero-order valence-corrected chi connectivity index (χ0v) is 12.8. The van der Waals surface area contributed by atoms with Crippen molar-refractivity contribution in [2.24, 2.45) is 0 Å². The molecular formula is C14H10Cl2O4S. The first-order chi connectivity index (χ1) is 9.86. The van der Waals surface area contributed by atoms with Crippen molar-refractivity contribution in [1.29, 1.82) is 0 Å². The van der Waals surface area contributed by atoms with E-state index < -0.39 is 5.97 Å². The predicted molar refractivity (Wildman–Crippen MR) is 81.7 cm³/mol. The van der Waals surface area contributed by atoms with Gasteiger partial charge in [0.05, 0.1) is 16.2 Å². The molecule has 2 rings (SSSR count). The lowest BCUT2D eigenvalue weighted by atomic mass is 10.1. The van der Waals surface area contributed by atoms with Crippen LogP contribution in [0.3, 0.4) is 0 Å². The molecule has 0 spiro atoms. The third-order valence-corrected chi connectivity index (χ3v) is 4.29. The van der Waals surface area contributed by atoms with Gasteiger partial charge < -0.3 is 15.3 Å². The Kier molecular flexibility index (Phi) is 4.88. The van der Waals surface area contributed by atoms with Crippen molar-refractivity contribution in [3.8, 4) is 11.5 Å². The van der Waals surface area contributed by atoms with Gasteiger partial charge in [-0.2, -0.15) is 0 Å². The second-order valence-corrected chi connectivity index (χ2v) is 6.12. The van der Waals surface area contributed by atoms with Crippen LogP contribution in [0.15, 0.2) is 40.1 Å². The van der Waals surface area contributed by atoms with Crippen molar-refractivity contribution < 1.29 is 20.1 Å². The molecule has 0 saturated heterocycles. The third kappa shape index (κ3) is 3.97. The highest BCUT2D eigenvalue weighted by Gasteiger charge is 2.13. The molecule has 0 fully saturated rings. The van der Waals surface area contributed by atoms with Crippen LogP contribution in [0.1, 0.15) is 5.56 Å². The summed E-state index contributed by atoms with van der Waals surface area (Å²) in [7, 11) is 0. The summed E-state index contributed by atoms with van der Waals surface area (Å²) in [4.78, 5) is 11.6. The van der Waals surface area contributed by atoms with Gasteiger partial charge in [0.25, 0.3) is 0 Å². The number of halogens is 2. The highest BCUT2D eigenvalue weighted by molar-refractivity contribution is 7.99. The second kappa shape index (κ2) is 6.47. The van der Waals surface area contributed by atoms with E-state index in [-0.39, 0.29) is 22.9 Å². The number of hydrogen-bond acceptors (Lipinski definition) is 4. The standard InChI is InChI=1S/C14H10Cl2O4S/c15-8-1-2-10(17)12(5-8)21-13-6-9(16)7(3-11(13)18)4-14(19)20/h1-3,5-6,17-18H,4H2,(H,19,20). The summed E-state index contributed by atoms with van der Waals surface area (Å²) in [5, 5.41) is 29.2. The predicted octanol–water partition coefficient (Wildman–Crippen LogP) is 4.18. The number of phenolic OH excluding ortho intramolecular Hbond substituents is 2. The lowest BCUT2D eigenvalue weighted by molar-refractivity contribution is -0.136. The molecule has 0 aliphatic heterocycles. The molecule has 7 heteroatoms. The Hall–Kier alpha value is -1.56. The van der Waals surface area contributed by atoms with Crippen LogP contribution in [0.5, 0.6) is 11.5 Å². The lowest BCUT2D eigenvalue weighted by Crippen LogP contribution is -2.00. The maximum absolute atomic E-state index is 10.7. The summed E-state index contributed by atoms with van der Waals surface area (Å²) in [5.41, 5.74) is 0.321. The number of carboxylic acids is 1. The fourth-order valence-corrected chi connectivity index (χ4v) is 3.12. The first-order valence-corrected chi connectivity index (χ1v) is 7.33. The van der Waals surface area contributed by atoms with Crippen molar-refractivity contribution in [2.45, 2.75) is 16.2 Å². The third-order valence-electron chi connectivity index (χ3n) is 2.61. The fraction of sp³-hybridized carbons (Fsp3) is 0.0714. The van der Waals surface area contributed by atoms with Gasteiger partial charge in [-0.25, -0.2) is 0 Å². The van der Waals surface area contributed by atoms with E-state index in [2.05, 4.69) is 0 Å². The fourth-order valence-electron chi connectivity index (χ4n) is 1.66. The van der Waals surface area contributed by atoms with Gasteiger partial charge in [0.1, 0.15) is 11.5 Å². The Balaban J connectivity index is 2.35. The van der Waals surface area contributed by atoms with Crippen LogP contribution in [-0.4, -0.2) is 21.3 Å². The normalized spacial score (nSPS) is 10.6. The summed E-state index contributed by atoms with van der Waals surface area (Å²) in [6.07, 6.45) is -0.278. The number of aliphatic carboxylic acids is 1. The van der Waals surface area contributed by atoms with Crippen molar-refractivity contribution in [3.63, 3.8) is 0 Å². The minimum absolute atomic E-state index is 0.0227. The summed E-state index contributed by atoms with van der Waals surface area (Å²) in [6, 6.07) is 7.31. The van der Waals surface area contributed by atoms with Gasteiger partial charge >= 0.3 is 5.97 Å². The van der Waals surface area contributed by atoms with Gasteiger partial charge in [0.2, 0.25) is 0 Å². The van der Waals surface area contributed by atoms with Gasteiger partial charge in [-0.3, -0.25) is 4.79 Å². The number of phenols is 2. The topological polar surface area (TPSA) is 77.8 Å². The molecule has 4 nitrogen and oxygen atoms in total. The summed E-state index contributed by atoms with van der Waals surface area (Å²) in [6.45, 7) is 0. The van der Waals surface area contributed by atoms with Crippen LogP contribution >= 0.6 is 35.0 Å². The van der Waals surface area contributed by atoms with Gasteiger partial charge in [-0.15, -0.1) is 0 Å². The Morgan fingerprint density at radius 3 is 2.38 bits per heavy atom. The monoisotopic (exact) mass is 344 g/mol. The lowest BCUT2D eigenvalue weighted by Gasteiger charge is -2.10. The SMILES string of the molecule is O=C(O)Cc1cc(O)c(Sc2cc(Cl)ccc2O)cc1Cl. The average molecular weight is 345 g/mol. The van der Waals surface area contributed by atoms with E-state index in [1.807, 2.05) is 0 Å². The number of hydrogen-bond donors (Lipinski definition) is 3. The molecule has 2 aromatic rings. The largest absolute Gasteiger partial charge is 0.507 e. The molecule has 2 aromatic carbocycles. The Morgan fingerprint density at radius 2 is 1.71 bits per heavy atom. The number of benzene rings is 2. The highest BCUT2D eigenvalue weighted by atomic mass is 35.5. The zero-order valence-electron chi connectivity index (χ0n) is 10.5. The van der Waals surface area contributed by atoms with E-state index in [9.17, 15) is 15.0 Å². The minimum atomic E-state index is -1.04. The number of carbonyl (C=O) groups is 1. The average Bonchev–Trinajstić information content (AvgIpc) is 2.39. The van der Waals surface area contributed by atoms with Crippen LogP contribution in [0, 0.1) is 0 Å². The molecule has 21 heavy (non-hydrogen) atoms. The van der Waals surface area contributed by atoms with Crippen molar-refractivity contribution in [1.82, 2.24) is 0 Å². The summed E-state index contributed by atoms with van der Waals surface area (Å²) >= 11 is 12.9. The number of aromatic hydroxyl groups is 2. The van der Waals surface area contributed by atoms with E-state index in [1.165, 1.54) is 18.2 Å². The van der Waals surface area contributed by atoms with Gasteiger partial charge in [-0.05, 0) is 35.9 Å². The number of rotatable bonds is 4. The molecule has 110 valence electrons. The Morgan fingerprint density at radius 1 is 1.05 bits per heavy atom. The summed E-state index contributed by atoms with van der Waals surface area (Å²) in [5.74, 6) is -1.13. The van der Waals surface area contributed by atoms with E-state index in [0.29, 0.717) is 20.4 Å². The van der Waals surface area contributed by atoms with Gasteiger partial charge in [0, 0.05) is 10.0 Å². The molecule has 0 aromatic heterocycles. The van der Waals surface area contributed by atoms with Crippen LogP contribution in [0.4, 0.5) is 0 Å². The van der Waals surface area contributed by atoms with Crippen molar-refractivity contribution >= 4 is 40.9 Å². The van der Waals surface area contributed by atoms with Crippen LogP contribution < -0.4 is 0 Å². The molecule has 0 aliphatic rings. The van der Waals surface area contributed by atoms with E-state index in [4.69, 9.17) is 28.3 Å². The molecule has 0 unspecified atom stereocenters. The highest BCUT2D eigenvalue weighted by Crippen LogP contribution is 2.41. The minimum Gasteiger partial charge on any atom is -0.507 e. The van der Waals surface area contributed by atoms with E-state index in [1.54, 1.807) is 12.1 Å². The van der Waals surface area contributed by atoms with E-state index >= 15 is 0 Å². The molecule has 0 atom stereocenters. The molecule has 0 heterocycles. The molecule has 0 bridgehead atoms. The van der Waals surface area contributed by atoms with E-state index in [0.717, 1.165) is 11.8 Å². The first kappa shape index (κ1) is 15.8. The second-order valence-electron chi connectivity index (χ2n) is 4.20. The maximum Gasteiger partial charge on any atom is 0.307 e. The van der Waals surface area contributed by atoms with Gasteiger partial charge in [0.15, 0.2) is 0 Å². The molecule has 0 amide bonds. The first-order valence-electron chi connectivity index (χ1n) is 5.76. The Labute approximate surface area is 134 Å². The summed E-state index contributed by atoms with van der Waals surface area (Å²) < 4.78 is 0. The smallest absolute Gasteiger partial charge is 0.307 e. The zero-order chi connectivity index (χ0) is 15.6. The Bertz CT molecular complexity index is 704. The van der Waals surface area contributed by atoms with Crippen LogP contribution in [-0.2, 0) is 11.2 Å². The van der Waals surface area contributed by atoms with Gasteiger partial charge in [-0.1, -0.05) is 35.0 Å². The maximum atomic E-state index is 10.7. The van der Waals surface area contributed by atoms with Crippen LogP contribution in [0.25, 0.3) is 0 Å². The van der Waals surface area contributed by atoms with Crippen LogP contribution in [0.2, 0.25) is 10.0 Å². The van der Waals surface area contributed by atoms with Crippen molar-refractivity contribution in [2.75, 3.05) is 0 Å². The number of carboxylic acid groups (broad SMARTS) is 1. The van der Waals surface area contributed by atoms with Crippen molar-refractivity contribution in [3.05, 3.63) is 45.9 Å².